The number of hydrogen-bond acceptors (Lipinski definition) is 2. The van der Waals surface area contributed by atoms with Crippen molar-refractivity contribution in [3.63, 3.8) is 0 Å². The van der Waals surface area contributed by atoms with Gasteiger partial charge in [0.1, 0.15) is 11.5 Å². The fraction of sp³-hybridized carbons (Fsp3) is 0.143. The van der Waals surface area contributed by atoms with Gasteiger partial charge in [0.25, 0.3) is 0 Å². The Hall–Kier alpha value is -0.410. The van der Waals surface area contributed by atoms with Gasteiger partial charge >= 0.3 is 0 Å². The van der Waals surface area contributed by atoms with Crippen molar-refractivity contribution in [1.82, 2.24) is 0 Å². The molecule has 1 rings (SSSR count). The number of rotatable bonds is 1. The summed E-state index contributed by atoms with van der Waals surface area (Å²) >= 11 is 8.95. The van der Waals surface area contributed by atoms with Crippen LogP contribution in [0.4, 0.5) is 0 Å². The molecule has 0 heterocycles. The zero-order chi connectivity index (χ0) is 8.43. The highest BCUT2D eigenvalue weighted by Gasteiger charge is 2.05. The maximum Gasteiger partial charge on any atom is 0.142 e. The van der Waals surface area contributed by atoms with Crippen molar-refractivity contribution in [3.8, 4) is 11.5 Å². The quantitative estimate of drug-likeness (QED) is 0.814. The molecule has 1 aromatic carbocycles. The van der Waals surface area contributed by atoms with Crippen LogP contribution in [-0.4, -0.2) is 12.2 Å². The van der Waals surface area contributed by atoms with Gasteiger partial charge in [-0.05, 0) is 22.0 Å². The van der Waals surface area contributed by atoms with Crippen LogP contribution in [0.2, 0.25) is 5.02 Å². The first-order valence-corrected chi connectivity index (χ1v) is 4.04. The van der Waals surface area contributed by atoms with Gasteiger partial charge in [0.15, 0.2) is 0 Å². The third kappa shape index (κ3) is 1.79. The Labute approximate surface area is 77.9 Å². The lowest BCUT2D eigenvalue weighted by Gasteiger charge is -2.04. The van der Waals surface area contributed by atoms with Crippen molar-refractivity contribution in [2.45, 2.75) is 0 Å². The fourth-order valence-electron chi connectivity index (χ4n) is 0.699. The van der Waals surface area contributed by atoms with Gasteiger partial charge in [-0.3, -0.25) is 0 Å². The Balaban J connectivity index is 3.24. The Bertz CT molecular complexity index is 275. The van der Waals surface area contributed by atoms with Crippen LogP contribution in [0.15, 0.2) is 16.6 Å². The van der Waals surface area contributed by atoms with Crippen molar-refractivity contribution in [2.75, 3.05) is 7.11 Å². The number of methoxy groups -OCH3 is 1. The first-order chi connectivity index (χ1) is 5.15. The molecule has 0 spiro atoms. The van der Waals surface area contributed by atoms with Crippen LogP contribution in [0.25, 0.3) is 0 Å². The SMILES string of the molecule is COc1cc(O)cc(Br)c1Cl. The minimum Gasteiger partial charge on any atom is -0.508 e. The van der Waals surface area contributed by atoms with E-state index in [1.807, 2.05) is 0 Å². The summed E-state index contributed by atoms with van der Waals surface area (Å²) in [7, 11) is 1.49. The topological polar surface area (TPSA) is 29.5 Å². The molecule has 0 amide bonds. The molecule has 0 aliphatic heterocycles. The number of aromatic hydroxyl groups is 1. The van der Waals surface area contributed by atoms with E-state index in [1.165, 1.54) is 19.2 Å². The molecule has 4 heteroatoms. The third-order valence-corrected chi connectivity index (χ3v) is 2.44. The van der Waals surface area contributed by atoms with E-state index >= 15 is 0 Å². The summed E-state index contributed by atoms with van der Waals surface area (Å²) in [5.41, 5.74) is 0. The largest absolute Gasteiger partial charge is 0.508 e. The Morgan fingerprint density at radius 1 is 1.55 bits per heavy atom. The van der Waals surface area contributed by atoms with E-state index in [2.05, 4.69) is 15.9 Å². The minimum atomic E-state index is 0.123. The van der Waals surface area contributed by atoms with E-state index in [4.69, 9.17) is 21.4 Å². The molecule has 0 saturated heterocycles. The summed E-state index contributed by atoms with van der Waals surface area (Å²) in [6, 6.07) is 2.96. The molecule has 0 fully saturated rings. The molecule has 0 unspecified atom stereocenters. The Kier molecular flexibility index (Phi) is 2.62. The monoisotopic (exact) mass is 236 g/mol. The molecular weight excluding hydrogens is 231 g/mol. The highest BCUT2D eigenvalue weighted by Crippen LogP contribution is 2.35. The summed E-state index contributed by atoms with van der Waals surface area (Å²) < 4.78 is 5.51. The lowest BCUT2D eigenvalue weighted by Crippen LogP contribution is -1.84. The van der Waals surface area contributed by atoms with Gasteiger partial charge in [-0.2, -0.15) is 0 Å². The smallest absolute Gasteiger partial charge is 0.142 e. The second-order valence-corrected chi connectivity index (χ2v) is 3.18. The first kappa shape index (κ1) is 8.68. The molecule has 11 heavy (non-hydrogen) atoms. The van der Waals surface area contributed by atoms with E-state index < -0.39 is 0 Å². The van der Waals surface area contributed by atoms with Crippen molar-refractivity contribution in [1.29, 1.82) is 0 Å². The van der Waals surface area contributed by atoms with E-state index in [0.29, 0.717) is 15.2 Å². The second kappa shape index (κ2) is 3.32. The van der Waals surface area contributed by atoms with Crippen molar-refractivity contribution in [3.05, 3.63) is 21.6 Å². The molecule has 0 bridgehead atoms. The van der Waals surface area contributed by atoms with Crippen LogP contribution in [0.3, 0.4) is 0 Å². The lowest BCUT2D eigenvalue weighted by atomic mass is 10.3. The van der Waals surface area contributed by atoms with Crippen molar-refractivity contribution in [2.24, 2.45) is 0 Å². The van der Waals surface area contributed by atoms with Crippen LogP contribution in [0.1, 0.15) is 0 Å². The molecule has 0 radical (unpaired) electrons. The van der Waals surface area contributed by atoms with Gasteiger partial charge < -0.3 is 9.84 Å². The lowest BCUT2D eigenvalue weighted by molar-refractivity contribution is 0.407. The zero-order valence-corrected chi connectivity index (χ0v) is 8.11. The molecule has 60 valence electrons. The molecular formula is C7H6BrClO2. The predicted octanol–water partition coefficient (Wildman–Crippen LogP) is 2.82. The summed E-state index contributed by atoms with van der Waals surface area (Å²) in [5, 5.41) is 9.54. The van der Waals surface area contributed by atoms with Gasteiger partial charge in [-0.25, -0.2) is 0 Å². The normalized spacial score (nSPS) is 9.73. The minimum absolute atomic E-state index is 0.123. The number of ether oxygens (including phenoxy) is 1. The molecule has 0 aliphatic carbocycles. The Morgan fingerprint density at radius 2 is 2.18 bits per heavy atom. The van der Waals surface area contributed by atoms with E-state index in [0.717, 1.165) is 0 Å². The highest BCUT2D eigenvalue weighted by molar-refractivity contribution is 9.10. The average Bonchev–Trinajstić information content (AvgIpc) is 1.96. The predicted molar refractivity (Wildman–Crippen MR) is 47.4 cm³/mol. The summed E-state index contributed by atoms with van der Waals surface area (Å²) in [6.45, 7) is 0. The second-order valence-electron chi connectivity index (χ2n) is 1.94. The molecule has 0 saturated carbocycles. The van der Waals surface area contributed by atoms with Crippen LogP contribution in [-0.2, 0) is 0 Å². The zero-order valence-electron chi connectivity index (χ0n) is 5.77. The van der Waals surface area contributed by atoms with E-state index in [-0.39, 0.29) is 5.75 Å². The molecule has 1 N–H and O–H groups in total. The maximum atomic E-state index is 9.08. The van der Waals surface area contributed by atoms with E-state index in [1.54, 1.807) is 0 Å². The van der Waals surface area contributed by atoms with Gasteiger partial charge in [-0.15, -0.1) is 0 Å². The summed E-state index contributed by atoms with van der Waals surface area (Å²) in [5.74, 6) is 0.580. The van der Waals surface area contributed by atoms with Crippen molar-refractivity contribution < 1.29 is 9.84 Å². The van der Waals surface area contributed by atoms with E-state index in [9.17, 15) is 0 Å². The fourth-order valence-corrected chi connectivity index (χ4v) is 1.31. The van der Waals surface area contributed by atoms with Gasteiger partial charge in [0.2, 0.25) is 0 Å². The Morgan fingerprint density at radius 3 is 2.73 bits per heavy atom. The van der Waals surface area contributed by atoms with Crippen LogP contribution < -0.4 is 4.74 Å². The molecule has 1 aromatic rings. The number of phenolic OH excluding ortho intramolecular Hbond substituents is 1. The summed E-state index contributed by atoms with van der Waals surface area (Å²) in [4.78, 5) is 0. The molecule has 0 aromatic heterocycles. The highest BCUT2D eigenvalue weighted by atomic mass is 79.9. The molecule has 2 nitrogen and oxygen atoms in total. The molecule has 0 aliphatic rings. The number of phenols is 1. The first-order valence-electron chi connectivity index (χ1n) is 2.87. The number of benzene rings is 1. The van der Waals surface area contributed by atoms with Crippen LogP contribution >= 0.6 is 27.5 Å². The van der Waals surface area contributed by atoms with Crippen LogP contribution in [0, 0.1) is 0 Å². The summed E-state index contributed by atoms with van der Waals surface area (Å²) in [6.07, 6.45) is 0. The number of halogens is 2. The van der Waals surface area contributed by atoms with Crippen molar-refractivity contribution >= 4 is 27.5 Å². The maximum absolute atomic E-state index is 9.08. The van der Waals surface area contributed by atoms with Gasteiger partial charge in [0.05, 0.1) is 12.1 Å². The molecule has 0 atom stereocenters. The third-order valence-electron chi connectivity index (χ3n) is 1.20. The number of hydrogen-bond donors (Lipinski definition) is 1. The average molecular weight is 237 g/mol. The van der Waals surface area contributed by atoms with Gasteiger partial charge in [-0.1, -0.05) is 11.6 Å². The van der Waals surface area contributed by atoms with Gasteiger partial charge in [0, 0.05) is 10.5 Å². The standard InChI is InChI=1S/C7H6BrClO2/c1-11-6-3-4(10)2-5(8)7(6)9/h2-3,10H,1H3. The van der Waals surface area contributed by atoms with Crippen LogP contribution in [0.5, 0.6) is 11.5 Å².